The zero-order valence-corrected chi connectivity index (χ0v) is 78.8. The summed E-state index contributed by atoms with van der Waals surface area (Å²) in [4.78, 5) is 7.08. The van der Waals surface area contributed by atoms with Gasteiger partial charge in [-0.2, -0.15) is 0 Å². The van der Waals surface area contributed by atoms with E-state index in [4.69, 9.17) is 9.47 Å². The number of para-hydroxylation sites is 2. The summed E-state index contributed by atoms with van der Waals surface area (Å²) in [5.41, 5.74) is 46.0. The summed E-state index contributed by atoms with van der Waals surface area (Å²) in [6, 6.07) is 161. The van der Waals surface area contributed by atoms with Gasteiger partial charge in [0.2, 0.25) is 0 Å². The quantitative estimate of drug-likeness (QED) is 0.0966. The fourth-order valence-electron chi connectivity index (χ4n) is 21.9. The number of rotatable bonds is 16. The van der Waals surface area contributed by atoms with Crippen LogP contribution in [0.25, 0.3) is 166 Å². The normalized spacial score (nSPS) is 13.0. The Labute approximate surface area is 805 Å². The fraction of sp³-hybridized carbons (Fsp3) is 0.0923. The van der Waals surface area contributed by atoms with Gasteiger partial charge < -0.3 is 28.4 Å². The molecular weight excluding hydrogens is 1680 g/mol. The standard InChI is InChI=1S/C71H54N2.C59H46N2O2S/c1-47-38-56(54-21-15-20-53(42-54)50-18-9-6-10-19-50)43-57(39-47)58-40-48(2)41-62(44-58)73-69-25-14-12-23-65(69)66-45-55(30-37-70(66)73)52-28-33-60(34-29-52)72(59-31-26-51(27-32-59)49-16-7-5-8-17-49)61-35-36-64-63-22-11-13-24-67(63)71(3,4)68(64)46-61;1-37-32-43(58-57-56(38(2)64-58)62-30-31-63-57)34-47(33-37)61-54-17-11-9-15-50(54)51-35-42(22-29-55(51)61)41-20-25-45(26-21-41)60(44-23-18-40(19-24-44)39-12-6-5-7-13-39)46-27-28-49-48-14-8-10-16-52(48)59(3,4)53(49)36-46/h5-46H,1-4H3;5-29,32-36H,30-31H2,1-4H3. The monoisotopic (exact) mass is 1780 g/mol. The molecule has 6 nitrogen and oxygen atoms in total. The highest BCUT2D eigenvalue weighted by Crippen LogP contribution is 2.55. The molecule has 0 atom stereocenters. The van der Waals surface area contributed by atoms with Crippen LogP contribution in [0, 0.1) is 27.7 Å². The van der Waals surface area contributed by atoms with Crippen LogP contribution >= 0.6 is 11.3 Å². The molecule has 1 aliphatic heterocycles. The van der Waals surface area contributed by atoms with Crippen LogP contribution in [-0.4, -0.2) is 22.3 Å². The van der Waals surface area contributed by atoms with E-state index in [1.807, 2.05) is 0 Å². The van der Waals surface area contributed by atoms with E-state index < -0.39 is 0 Å². The first-order valence-electron chi connectivity index (χ1n) is 47.6. The van der Waals surface area contributed by atoms with E-state index in [9.17, 15) is 0 Å². The van der Waals surface area contributed by atoms with Gasteiger partial charge in [0.15, 0.2) is 11.5 Å². The molecule has 3 aromatic heterocycles. The van der Waals surface area contributed by atoms with Crippen LogP contribution in [-0.2, 0) is 10.8 Å². The number of benzene rings is 19. The molecule has 0 bridgehead atoms. The van der Waals surface area contributed by atoms with Crippen LogP contribution in [0.2, 0.25) is 0 Å². The van der Waals surface area contributed by atoms with Gasteiger partial charge in [0, 0.05) is 82.8 Å². The number of nitrogens with zero attached hydrogens (tertiary/aromatic N) is 4. The third-order valence-electron chi connectivity index (χ3n) is 28.6. The van der Waals surface area contributed by atoms with Crippen molar-refractivity contribution in [2.24, 2.45) is 0 Å². The van der Waals surface area contributed by atoms with E-state index in [-0.39, 0.29) is 10.8 Å². The summed E-state index contributed by atoms with van der Waals surface area (Å²) in [7, 11) is 0. The Balaban J connectivity index is 0.000000151. The maximum atomic E-state index is 6.19. The number of aromatic nitrogens is 2. The van der Waals surface area contributed by atoms with Crippen molar-refractivity contribution >= 4 is 89.1 Å². The second-order valence-corrected chi connectivity index (χ2v) is 39.3. The highest BCUT2D eigenvalue weighted by atomic mass is 32.1. The summed E-state index contributed by atoms with van der Waals surface area (Å²) < 4.78 is 17.1. The van der Waals surface area contributed by atoms with Gasteiger partial charge in [-0.05, 0) is 318 Å². The number of aryl methyl sites for hydroxylation is 4. The van der Waals surface area contributed by atoms with Crippen LogP contribution in [0.1, 0.15) is 71.5 Å². The van der Waals surface area contributed by atoms with Crippen molar-refractivity contribution in [2.75, 3.05) is 23.0 Å². The molecule has 0 spiro atoms. The molecule has 19 aromatic carbocycles. The number of anilines is 6. The van der Waals surface area contributed by atoms with Gasteiger partial charge in [0.1, 0.15) is 13.2 Å². The minimum absolute atomic E-state index is 0.106. The number of ether oxygens (including phenoxy) is 2. The Morgan fingerprint density at radius 3 is 0.993 bits per heavy atom. The molecule has 0 unspecified atom stereocenters. The lowest BCUT2D eigenvalue weighted by Gasteiger charge is -2.28. The van der Waals surface area contributed by atoms with Crippen molar-refractivity contribution in [3.63, 3.8) is 0 Å². The lowest BCUT2D eigenvalue weighted by atomic mass is 9.82. The SMILES string of the molecule is Cc1cc(-c2cccc(-c3ccccc3)c2)cc(-c2cc(C)cc(-n3c4ccccc4c4cc(-c5ccc(N(c6ccc(-c7ccccc7)cc6)c6ccc7c(c6)C(C)(C)c6ccccc6-7)cc5)ccc43)c2)c1.Cc1cc(-c2sc(C)c3c2OCCO3)cc(-n2c3ccccc3c3cc(-c4ccc(N(c5ccc(-c6ccccc6)cc5)c5ccc6c(c5)C(C)(C)c5ccccc5-6)cc4)ccc32)c1. The van der Waals surface area contributed by atoms with Crippen LogP contribution in [0.4, 0.5) is 34.1 Å². The molecule has 7 heteroatoms. The molecule has 658 valence electrons. The second-order valence-electron chi connectivity index (χ2n) is 38.1. The minimum atomic E-state index is -0.111. The van der Waals surface area contributed by atoms with Gasteiger partial charge in [-0.1, -0.05) is 319 Å². The first-order valence-corrected chi connectivity index (χ1v) is 48.4. The molecule has 3 aliphatic rings. The molecule has 22 aromatic rings. The minimum Gasteiger partial charge on any atom is -0.485 e. The first-order chi connectivity index (χ1) is 67.0. The topological polar surface area (TPSA) is 34.8 Å². The lowest BCUT2D eigenvalue weighted by molar-refractivity contribution is 0.173. The first kappa shape index (κ1) is 83.7. The molecule has 0 N–H and O–H groups in total. The second kappa shape index (κ2) is 34.0. The van der Waals surface area contributed by atoms with Crippen molar-refractivity contribution in [2.45, 2.75) is 66.2 Å². The Bertz CT molecular complexity index is 8470. The largest absolute Gasteiger partial charge is 0.485 e. The molecule has 0 amide bonds. The molecule has 0 radical (unpaired) electrons. The molecule has 2 aliphatic carbocycles. The van der Waals surface area contributed by atoms with Crippen LogP contribution in [0.5, 0.6) is 11.5 Å². The summed E-state index contributed by atoms with van der Waals surface area (Å²) >= 11 is 1.74. The van der Waals surface area contributed by atoms with E-state index in [1.54, 1.807) is 11.3 Å². The molecule has 0 saturated heterocycles. The van der Waals surface area contributed by atoms with Crippen molar-refractivity contribution in [1.82, 2.24) is 9.13 Å². The van der Waals surface area contributed by atoms with Crippen molar-refractivity contribution < 1.29 is 9.47 Å². The Morgan fingerprint density at radius 1 is 0.226 bits per heavy atom. The average molecular weight is 1780 g/mol. The van der Waals surface area contributed by atoms with Gasteiger partial charge in [0.25, 0.3) is 0 Å². The number of thiophene rings is 1. The van der Waals surface area contributed by atoms with Gasteiger partial charge in [-0.25, -0.2) is 0 Å². The van der Waals surface area contributed by atoms with Crippen LogP contribution < -0.4 is 19.3 Å². The predicted molar refractivity (Wildman–Crippen MR) is 577 cm³/mol. The average Bonchev–Trinajstić information content (AvgIpc) is 1.58. The van der Waals surface area contributed by atoms with Crippen LogP contribution in [0.15, 0.2) is 437 Å². The summed E-state index contributed by atoms with van der Waals surface area (Å²) in [5, 5.41) is 4.93. The Kier molecular flexibility index (Phi) is 20.8. The zero-order chi connectivity index (χ0) is 92.3. The third kappa shape index (κ3) is 15.0. The predicted octanol–water partition coefficient (Wildman–Crippen LogP) is 35.5. The van der Waals surface area contributed by atoms with Crippen molar-refractivity contribution in [1.29, 1.82) is 0 Å². The summed E-state index contributed by atoms with van der Waals surface area (Å²) in [6.07, 6.45) is 0. The highest BCUT2D eigenvalue weighted by molar-refractivity contribution is 7.16. The number of hydrogen-bond donors (Lipinski definition) is 0. The van der Waals surface area contributed by atoms with Crippen LogP contribution in [0.3, 0.4) is 0 Å². The summed E-state index contributed by atoms with van der Waals surface area (Å²) in [5.74, 6) is 1.75. The van der Waals surface area contributed by atoms with Crippen molar-refractivity contribution in [3.8, 4) is 133 Å². The Morgan fingerprint density at radius 2 is 0.533 bits per heavy atom. The fourth-order valence-corrected chi connectivity index (χ4v) is 22.9. The highest BCUT2D eigenvalue weighted by Gasteiger charge is 2.38. The third-order valence-corrected chi connectivity index (χ3v) is 29.7. The Hall–Kier alpha value is -16.3. The van der Waals surface area contributed by atoms with Crippen molar-refractivity contribution in [3.05, 3.63) is 481 Å². The van der Waals surface area contributed by atoms with E-state index in [2.05, 4.69) is 511 Å². The maximum Gasteiger partial charge on any atom is 0.180 e. The molecule has 0 fully saturated rings. The smallest absolute Gasteiger partial charge is 0.180 e. The lowest BCUT2D eigenvalue weighted by Crippen LogP contribution is -2.16. The number of fused-ring (bicyclic) bond motifs is 13. The van der Waals surface area contributed by atoms with E-state index in [0.717, 1.165) is 72.3 Å². The molecule has 25 rings (SSSR count). The van der Waals surface area contributed by atoms with Gasteiger partial charge >= 0.3 is 0 Å². The molecule has 137 heavy (non-hydrogen) atoms. The van der Waals surface area contributed by atoms with E-state index >= 15 is 0 Å². The molecule has 4 heterocycles. The number of hydrogen-bond acceptors (Lipinski definition) is 5. The van der Waals surface area contributed by atoms with E-state index in [1.165, 1.54) is 183 Å². The summed E-state index contributed by atoms with van der Waals surface area (Å²) in [6.45, 7) is 19.3. The maximum absolute atomic E-state index is 6.19. The zero-order valence-electron chi connectivity index (χ0n) is 78.0. The van der Waals surface area contributed by atoms with Gasteiger partial charge in [-0.3, -0.25) is 0 Å². The molecular formula is C130H100N4O2S. The van der Waals surface area contributed by atoms with Gasteiger partial charge in [-0.15, -0.1) is 11.3 Å². The van der Waals surface area contributed by atoms with E-state index in [0.29, 0.717) is 13.2 Å². The van der Waals surface area contributed by atoms with Gasteiger partial charge in [0.05, 0.1) is 26.9 Å². The molecule has 0 saturated carbocycles.